The van der Waals surface area contributed by atoms with Gasteiger partial charge >= 0.3 is 0 Å². The van der Waals surface area contributed by atoms with Crippen LogP contribution in [0.2, 0.25) is 0 Å². The first-order chi connectivity index (χ1) is 4.58. The zero-order valence-corrected chi connectivity index (χ0v) is 5.69. The highest BCUT2D eigenvalue weighted by atomic mass is 19.3. The SMILES string of the molecule is N[C@@H]1C[C@H]1C1CC(F)(F)C1. The van der Waals surface area contributed by atoms with Gasteiger partial charge in [-0.2, -0.15) is 0 Å². The molecule has 2 saturated carbocycles. The van der Waals surface area contributed by atoms with Crippen molar-refractivity contribution in [1.29, 1.82) is 0 Å². The number of rotatable bonds is 1. The Balaban J connectivity index is 1.81. The topological polar surface area (TPSA) is 26.0 Å². The molecule has 0 aromatic carbocycles. The highest BCUT2D eigenvalue weighted by molar-refractivity contribution is 5.02. The third-order valence-corrected chi connectivity index (χ3v) is 2.62. The molecule has 0 bridgehead atoms. The number of hydrogen-bond donors (Lipinski definition) is 1. The molecule has 2 rings (SSSR count). The second kappa shape index (κ2) is 1.70. The van der Waals surface area contributed by atoms with Gasteiger partial charge in [0.1, 0.15) is 0 Å². The molecule has 3 heteroatoms. The highest BCUT2D eigenvalue weighted by Crippen LogP contribution is 2.52. The smallest absolute Gasteiger partial charge is 0.248 e. The fourth-order valence-electron chi connectivity index (χ4n) is 1.79. The third kappa shape index (κ3) is 0.926. The fourth-order valence-corrected chi connectivity index (χ4v) is 1.79. The van der Waals surface area contributed by atoms with Crippen LogP contribution in [0.25, 0.3) is 0 Å². The van der Waals surface area contributed by atoms with Crippen LogP contribution in [0.3, 0.4) is 0 Å². The standard InChI is InChI=1S/C7H11F2N/c8-7(9)2-4(3-7)5-1-6(5)10/h4-6H,1-3,10H2/t5-,6+/m0/s1. The first-order valence-corrected chi connectivity index (χ1v) is 3.72. The summed E-state index contributed by atoms with van der Waals surface area (Å²) in [6.07, 6.45) is 1.15. The quantitative estimate of drug-likeness (QED) is 0.595. The number of hydrogen-bond acceptors (Lipinski definition) is 1. The van der Waals surface area contributed by atoms with E-state index in [1.54, 1.807) is 0 Å². The Morgan fingerprint density at radius 2 is 1.80 bits per heavy atom. The van der Waals surface area contributed by atoms with Gasteiger partial charge in [-0.25, -0.2) is 8.78 Å². The lowest BCUT2D eigenvalue weighted by Crippen LogP contribution is -2.37. The van der Waals surface area contributed by atoms with Crippen LogP contribution in [0.15, 0.2) is 0 Å². The minimum Gasteiger partial charge on any atom is -0.327 e. The average Bonchev–Trinajstić information content (AvgIpc) is 2.40. The maximum Gasteiger partial charge on any atom is 0.248 e. The van der Waals surface area contributed by atoms with Crippen LogP contribution in [-0.4, -0.2) is 12.0 Å². The maximum atomic E-state index is 12.3. The van der Waals surface area contributed by atoms with Gasteiger partial charge in [0.2, 0.25) is 5.92 Å². The number of nitrogens with two attached hydrogens (primary N) is 1. The lowest BCUT2D eigenvalue weighted by Gasteiger charge is -2.35. The van der Waals surface area contributed by atoms with Gasteiger partial charge in [0.05, 0.1) is 0 Å². The summed E-state index contributed by atoms with van der Waals surface area (Å²) in [5.74, 6) is -1.68. The van der Waals surface area contributed by atoms with Crippen molar-refractivity contribution < 1.29 is 8.78 Å². The van der Waals surface area contributed by atoms with Gasteiger partial charge in [0.25, 0.3) is 0 Å². The van der Waals surface area contributed by atoms with Crippen LogP contribution < -0.4 is 5.73 Å². The fraction of sp³-hybridized carbons (Fsp3) is 1.00. The summed E-state index contributed by atoms with van der Waals surface area (Å²) < 4.78 is 24.5. The van der Waals surface area contributed by atoms with E-state index >= 15 is 0 Å². The summed E-state index contributed by atoms with van der Waals surface area (Å²) in [5, 5.41) is 0. The first kappa shape index (κ1) is 6.53. The summed E-state index contributed by atoms with van der Waals surface area (Å²) in [5.41, 5.74) is 5.52. The largest absolute Gasteiger partial charge is 0.327 e. The molecule has 0 amide bonds. The zero-order chi connectivity index (χ0) is 7.35. The predicted octanol–water partition coefficient (Wildman–Crippen LogP) is 1.38. The van der Waals surface area contributed by atoms with Crippen LogP contribution in [0.1, 0.15) is 19.3 Å². The predicted molar refractivity (Wildman–Crippen MR) is 33.8 cm³/mol. The summed E-state index contributed by atoms with van der Waals surface area (Å²) in [6, 6.07) is 0.237. The van der Waals surface area contributed by atoms with E-state index in [9.17, 15) is 8.78 Å². The lowest BCUT2D eigenvalue weighted by molar-refractivity contribution is -0.116. The second-order valence-electron chi connectivity index (χ2n) is 3.59. The molecule has 2 N–H and O–H groups in total. The Bertz CT molecular complexity index is 150. The molecule has 2 fully saturated rings. The van der Waals surface area contributed by atoms with Gasteiger partial charge in [0, 0.05) is 18.9 Å². The lowest BCUT2D eigenvalue weighted by atomic mass is 9.78. The molecule has 10 heavy (non-hydrogen) atoms. The molecule has 0 saturated heterocycles. The Kier molecular flexibility index (Phi) is 1.11. The van der Waals surface area contributed by atoms with Crippen LogP contribution in [0, 0.1) is 11.8 Å². The molecule has 1 nitrogen and oxygen atoms in total. The number of alkyl halides is 2. The van der Waals surface area contributed by atoms with Crippen molar-refractivity contribution in [2.24, 2.45) is 17.6 Å². The molecule has 2 atom stereocenters. The van der Waals surface area contributed by atoms with Gasteiger partial charge < -0.3 is 5.73 Å². The Morgan fingerprint density at radius 1 is 1.30 bits per heavy atom. The third-order valence-electron chi connectivity index (χ3n) is 2.62. The van der Waals surface area contributed by atoms with Crippen molar-refractivity contribution in [3.05, 3.63) is 0 Å². The van der Waals surface area contributed by atoms with E-state index < -0.39 is 5.92 Å². The molecule has 0 spiro atoms. The molecule has 2 aliphatic rings. The van der Waals surface area contributed by atoms with Gasteiger partial charge in [0.15, 0.2) is 0 Å². The van der Waals surface area contributed by atoms with Crippen molar-refractivity contribution >= 4 is 0 Å². The summed E-state index contributed by atoms with van der Waals surface area (Å²) in [7, 11) is 0. The van der Waals surface area contributed by atoms with Crippen molar-refractivity contribution in [3.8, 4) is 0 Å². The molecule has 0 aromatic rings. The Labute approximate surface area is 58.6 Å². The van der Waals surface area contributed by atoms with E-state index in [1.807, 2.05) is 0 Å². The minimum atomic E-state index is -2.35. The second-order valence-corrected chi connectivity index (χ2v) is 3.59. The van der Waals surface area contributed by atoms with Gasteiger partial charge in [-0.3, -0.25) is 0 Å². The number of halogens is 2. The molecule has 0 aliphatic heterocycles. The molecule has 0 aromatic heterocycles. The summed E-state index contributed by atoms with van der Waals surface area (Å²) in [6.45, 7) is 0. The molecule has 0 unspecified atom stereocenters. The van der Waals surface area contributed by atoms with E-state index in [2.05, 4.69) is 0 Å². The van der Waals surface area contributed by atoms with E-state index in [4.69, 9.17) is 5.73 Å². The zero-order valence-electron chi connectivity index (χ0n) is 5.69. The van der Waals surface area contributed by atoms with Gasteiger partial charge in [-0.1, -0.05) is 0 Å². The average molecular weight is 147 g/mol. The molecular formula is C7H11F2N. The van der Waals surface area contributed by atoms with Crippen LogP contribution in [0.5, 0.6) is 0 Å². The van der Waals surface area contributed by atoms with E-state index in [-0.39, 0.29) is 24.8 Å². The van der Waals surface area contributed by atoms with E-state index in [0.29, 0.717) is 5.92 Å². The summed E-state index contributed by atoms with van der Waals surface area (Å²) >= 11 is 0. The molecule has 0 radical (unpaired) electrons. The van der Waals surface area contributed by atoms with E-state index in [1.165, 1.54) is 0 Å². The van der Waals surface area contributed by atoms with Crippen molar-refractivity contribution in [1.82, 2.24) is 0 Å². The van der Waals surface area contributed by atoms with Crippen LogP contribution >= 0.6 is 0 Å². The van der Waals surface area contributed by atoms with Crippen LogP contribution in [-0.2, 0) is 0 Å². The van der Waals surface area contributed by atoms with Crippen molar-refractivity contribution in [2.75, 3.05) is 0 Å². The molecule has 2 aliphatic carbocycles. The molecular weight excluding hydrogens is 136 g/mol. The maximum absolute atomic E-state index is 12.3. The minimum absolute atomic E-state index is 0.0887. The molecule has 58 valence electrons. The molecule has 0 heterocycles. The normalized spacial score (nSPS) is 44.7. The highest BCUT2D eigenvalue weighted by Gasteiger charge is 2.54. The van der Waals surface area contributed by atoms with Crippen molar-refractivity contribution in [2.45, 2.75) is 31.2 Å². The van der Waals surface area contributed by atoms with Gasteiger partial charge in [-0.05, 0) is 18.3 Å². The van der Waals surface area contributed by atoms with Crippen LogP contribution in [0.4, 0.5) is 8.78 Å². The summed E-state index contributed by atoms with van der Waals surface area (Å²) in [4.78, 5) is 0. The van der Waals surface area contributed by atoms with E-state index in [0.717, 1.165) is 6.42 Å². The Morgan fingerprint density at radius 3 is 2.10 bits per heavy atom. The van der Waals surface area contributed by atoms with Crippen molar-refractivity contribution in [3.63, 3.8) is 0 Å². The first-order valence-electron chi connectivity index (χ1n) is 3.72. The van der Waals surface area contributed by atoms with Gasteiger partial charge in [-0.15, -0.1) is 0 Å². The Hall–Kier alpha value is -0.180. The monoisotopic (exact) mass is 147 g/mol.